The minimum Gasteiger partial charge on any atom is -0.370 e. The van der Waals surface area contributed by atoms with Crippen LogP contribution in [0, 0.1) is 13.8 Å². The fraction of sp³-hybridized carbons (Fsp3) is 0.308. The molecule has 1 N–H and O–H groups in total. The average Bonchev–Trinajstić information content (AvgIpc) is 2.38. The van der Waals surface area contributed by atoms with Crippen molar-refractivity contribution < 1.29 is 0 Å². The van der Waals surface area contributed by atoms with Crippen molar-refractivity contribution in [1.82, 2.24) is 15.0 Å². The summed E-state index contributed by atoms with van der Waals surface area (Å²) in [5.74, 6) is 1.63. The van der Waals surface area contributed by atoms with E-state index in [0.29, 0.717) is 5.02 Å². The fourth-order valence-electron chi connectivity index (χ4n) is 1.56. The smallest absolute Gasteiger partial charge is 0.133 e. The van der Waals surface area contributed by atoms with Gasteiger partial charge in [-0.3, -0.25) is 0 Å². The van der Waals surface area contributed by atoms with Crippen LogP contribution in [0.1, 0.15) is 18.3 Å². The van der Waals surface area contributed by atoms with Gasteiger partial charge in [-0.2, -0.15) is 0 Å². The lowest BCUT2D eigenvalue weighted by atomic mass is 10.3. The first kappa shape index (κ1) is 14.1. The zero-order chi connectivity index (χ0) is 13.8. The quantitative estimate of drug-likeness (QED) is 0.871. The lowest BCUT2D eigenvalue weighted by Gasteiger charge is -2.11. The molecule has 2 aromatic heterocycles. The van der Waals surface area contributed by atoms with Crippen LogP contribution >= 0.6 is 23.4 Å². The molecular weight excluding hydrogens is 280 g/mol. The summed E-state index contributed by atoms with van der Waals surface area (Å²) in [5.41, 5.74) is 1.04. The van der Waals surface area contributed by atoms with E-state index in [1.165, 1.54) is 11.8 Å². The van der Waals surface area contributed by atoms with Crippen LogP contribution in [-0.2, 0) is 0 Å². The second kappa shape index (κ2) is 6.21. The summed E-state index contributed by atoms with van der Waals surface area (Å²) >= 11 is 7.35. The summed E-state index contributed by atoms with van der Waals surface area (Å²) < 4.78 is 0. The van der Waals surface area contributed by atoms with Crippen LogP contribution in [0.4, 0.5) is 5.82 Å². The summed E-state index contributed by atoms with van der Waals surface area (Å²) in [7, 11) is 0. The van der Waals surface area contributed by atoms with Crippen LogP contribution in [0.15, 0.2) is 28.4 Å². The van der Waals surface area contributed by atoms with Gasteiger partial charge in [0.05, 0.1) is 5.02 Å². The SMILES string of the molecule is CCNc1nc(C)nc(Sc2ccc(Cl)cn2)c1C. The van der Waals surface area contributed by atoms with E-state index in [0.717, 1.165) is 33.8 Å². The van der Waals surface area contributed by atoms with Gasteiger partial charge in [-0.1, -0.05) is 11.6 Å². The van der Waals surface area contributed by atoms with Gasteiger partial charge in [-0.05, 0) is 44.7 Å². The largest absolute Gasteiger partial charge is 0.370 e. The van der Waals surface area contributed by atoms with E-state index < -0.39 is 0 Å². The summed E-state index contributed by atoms with van der Waals surface area (Å²) in [6, 6.07) is 3.71. The molecule has 0 aliphatic carbocycles. The van der Waals surface area contributed by atoms with Crippen LogP contribution in [0.3, 0.4) is 0 Å². The number of aryl methyl sites for hydroxylation is 1. The highest BCUT2D eigenvalue weighted by Gasteiger charge is 2.10. The molecule has 4 nitrogen and oxygen atoms in total. The predicted molar refractivity (Wildman–Crippen MR) is 79.0 cm³/mol. The number of nitrogens with one attached hydrogen (secondary N) is 1. The van der Waals surface area contributed by atoms with Crippen molar-refractivity contribution in [1.29, 1.82) is 0 Å². The van der Waals surface area contributed by atoms with Gasteiger partial charge >= 0.3 is 0 Å². The van der Waals surface area contributed by atoms with Crippen LogP contribution in [0.5, 0.6) is 0 Å². The topological polar surface area (TPSA) is 50.7 Å². The van der Waals surface area contributed by atoms with Crippen molar-refractivity contribution in [3.05, 3.63) is 34.7 Å². The maximum atomic E-state index is 5.83. The minimum atomic E-state index is 0.633. The second-order valence-electron chi connectivity index (χ2n) is 4.00. The van der Waals surface area contributed by atoms with E-state index in [9.17, 15) is 0 Å². The van der Waals surface area contributed by atoms with Crippen molar-refractivity contribution >= 4 is 29.2 Å². The van der Waals surface area contributed by atoms with Gasteiger partial charge < -0.3 is 5.32 Å². The van der Waals surface area contributed by atoms with Crippen molar-refractivity contribution in [3.63, 3.8) is 0 Å². The van der Waals surface area contributed by atoms with Crippen LogP contribution in [-0.4, -0.2) is 21.5 Å². The molecular formula is C13H15ClN4S. The lowest BCUT2D eigenvalue weighted by Crippen LogP contribution is -2.05. The van der Waals surface area contributed by atoms with Gasteiger partial charge in [0.15, 0.2) is 0 Å². The van der Waals surface area contributed by atoms with E-state index in [4.69, 9.17) is 11.6 Å². The Bertz CT molecular complexity index is 572. The summed E-state index contributed by atoms with van der Waals surface area (Å²) in [6.45, 7) is 6.78. The number of hydrogen-bond donors (Lipinski definition) is 1. The van der Waals surface area contributed by atoms with Crippen molar-refractivity contribution in [2.75, 3.05) is 11.9 Å². The summed E-state index contributed by atoms with van der Waals surface area (Å²) in [5, 5.41) is 5.66. The first-order valence-electron chi connectivity index (χ1n) is 5.98. The molecule has 2 rings (SSSR count). The molecule has 2 aromatic rings. The number of rotatable bonds is 4. The van der Waals surface area contributed by atoms with Gasteiger partial charge in [-0.15, -0.1) is 0 Å². The molecule has 0 unspecified atom stereocenters. The van der Waals surface area contributed by atoms with E-state index in [1.54, 1.807) is 6.20 Å². The van der Waals surface area contributed by atoms with Crippen LogP contribution < -0.4 is 5.32 Å². The highest BCUT2D eigenvalue weighted by Crippen LogP contribution is 2.30. The number of hydrogen-bond acceptors (Lipinski definition) is 5. The van der Waals surface area contributed by atoms with Gasteiger partial charge in [0.1, 0.15) is 21.7 Å². The molecule has 0 radical (unpaired) electrons. The molecule has 0 aliphatic heterocycles. The summed E-state index contributed by atoms with van der Waals surface area (Å²) in [4.78, 5) is 13.1. The molecule has 0 aliphatic rings. The highest BCUT2D eigenvalue weighted by atomic mass is 35.5. The molecule has 0 fully saturated rings. The van der Waals surface area contributed by atoms with E-state index in [2.05, 4.69) is 20.3 Å². The monoisotopic (exact) mass is 294 g/mol. The standard InChI is InChI=1S/C13H15ClN4S/c1-4-15-12-8(2)13(18-9(3)17-12)19-11-6-5-10(14)7-16-11/h5-7H,4H2,1-3H3,(H,15,17,18). The molecule has 0 saturated heterocycles. The molecule has 0 amide bonds. The Labute approximate surface area is 122 Å². The normalized spacial score (nSPS) is 10.5. The van der Waals surface area contributed by atoms with Crippen molar-refractivity contribution in [2.45, 2.75) is 30.8 Å². The third kappa shape index (κ3) is 3.58. The molecule has 6 heteroatoms. The van der Waals surface area contributed by atoms with Crippen molar-refractivity contribution in [3.8, 4) is 0 Å². The van der Waals surface area contributed by atoms with Gasteiger partial charge in [0.2, 0.25) is 0 Å². The predicted octanol–water partition coefficient (Wildman–Crippen LogP) is 3.72. The zero-order valence-corrected chi connectivity index (χ0v) is 12.6. The second-order valence-corrected chi connectivity index (χ2v) is 5.44. The first-order valence-corrected chi connectivity index (χ1v) is 7.18. The first-order chi connectivity index (χ1) is 9.10. The Morgan fingerprint density at radius 1 is 1.26 bits per heavy atom. The number of nitrogens with zero attached hydrogens (tertiary/aromatic N) is 3. The third-order valence-corrected chi connectivity index (χ3v) is 3.72. The minimum absolute atomic E-state index is 0.633. The Balaban J connectivity index is 2.31. The van der Waals surface area contributed by atoms with Gasteiger partial charge in [0.25, 0.3) is 0 Å². The number of aromatic nitrogens is 3. The Kier molecular flexibility index (Phi) is 4.61. The zero-order valence-electron chi connectivity index (χ0n) is 11.1. The van der Waals surface area contributed by atoms with E-state index >= 15 is 0 Å². The maximum absolute atomic E-state index is 5.83. The van der Waals surface area contributed by atoms with E-state index in [-0.39, 0.29) is 0 Å². The number of pyridine rings is 1. The van der Waals surface area contributed by atoms with Gasteiger partial charge in [0, 0.05) is 18.3 Å². The highest BCUT2D eigenvalue weighted by molar-refractivity contribution is 7.99. The van der Waals surface area contributed by atoms with Crippen LogP contribution in [0.2, 0.25) is 5.02 Å². The molecule has 0 atom stereocenters. The Morgan fingerprint density at radius 2 is 2.05 bits per heavy atom. The molecule has 2 heterocycles. The summed E-state index contributed by atoms with van der Waals surface area (Å²) in [6.07, 6.45) is 1.64. The molecule has 0 spiro atoms. The molecule has 0 aromatic carbocycles. The molecule has 0 bridgehead atoms. The van der Waals surface area contributed by atoms with E-state index in [1.807, 2.05) is 32.9 Å². The molecule has 19 heavy (non-hydrogen) atoms. The van der Waals surface area contributed by atoms with Gasteiger partial charge in [-0.25, -0.2) is 15.0 Å². The molecule has 100 valence electrons. The van der Waals surface area contributed by atoms with Crippen LogP contribution in [0.25, 0.3) is 0 Å². The number of anilines is 1. The Morgan fingerprint density at radius 3 is 2.68 bits per heavy atom. The maximum Gasteiger partial charge on any atom is 0.133 e. The lowest BCUT2D eigenvalue weighted by molar-refractivity contribution is 0.930. The average molecular weight is 295 g/mol. The third-order valence-electron chi connectivity index (χ3n) is 2.46. The Hall–Kier alpha value is -1.33. The number of halogens is 1. The fourth-order valence-corrected chi connectivity index (χ4v) is 2.54. The molecule has 0 saturated carbocycles. The van der Waals surface area contributed by atoms with Crippen molar-refractivity contribution in [2.24, 2.45) is 0 Å².